The van der Waals surface area contributed by atoms with Gasteiger partial charge in [-0.2, -0.15) is 5.06 Å². The molecule has 0 aliphatic rings. The normalized spacial score (nSPS) is 10.5. The molecule has 0 aliphatic heterocycles. The summed E-state index contributed by atoms with van der Waals surface area (Å²) in [7, 11) is 1.45. The van der Waals surface area contributed by atoms with Crippen molar-refractivity contribution in [3.05, 3.63) is 78.4 Å². The lowest BCUT2D eigenvalue weighted by atomic mass is 10.1. The second-order valence-corrected chi connectivity index (χ2v) is 5.02. The zero-order valence-electron chi connectivity index (χ0n) is 12.8. The predicted molar refractivity (Wildman–Crippen MR) is 90.1 cm³/mol. The number of ether oxygens (including phenoxy) is 1. The summed E-state index contributed by atoms with van der Waals surface area (Å²) >= 11 is 0. The van der Waals surface area contributed by atoms with E-state index in [1.165, 1.54) is 12.2 Å². The van der Waals surface area contributed by atoms with Crippen LogP contribution in [0.15, 0.2) is 72.8 Å². The summed E-state index contributed by atoms with van der Waals surface area (Å²) in [5.41, 5.74) is 1.58. The zero-order valence-corrected chi connectivity index (χ0v) is 12.8. The number of anilines is 1. The lowest BCUT2D eigenvalue weighted by Gasteiger charge is -2.20. The lowest BCUT2D eigenvalue weighted by molar-refractivity contribution is 0.0957. The Morgan fingerprint density at radius 3 is 2.39 bits per heavy atom. The Morgan fingerprint density at radius 2 is 1.61 bits per heavy atom. The van der Waals surface area contributed by atoms with Crippen molar-refractivity contribution < 1.29 is 14.4 Å². The van der Waals surface area contributed by atoms with E-state index in [0.29, 0.717) is 5.69 Å². The molecule has 0 spiro atoms. The summed E-state index contributed by atoms with van der Waals surface area (Å²) < 4.78 is 5.35. The van der Waals surface area contributed by atoms with Crippen molar-refractivity contribution in [1.29, 1.82) is 0 Å². The fraction of sp³-hybridized carbons (Fsp3) is 0.105. The summed E-state index contributed by atoms with van der Waals surface area (Å²) in [6.07, 6.45) is -0.548. The van der Waals surface area contributed by atoms with E-state index in [0.717, 1.165) is 16.3 Å². The number of hydroxylamine groups is 1. The fourth-order valence-corrected chi connectivity index (χ4v) is 2.43. The Kier molecular flexibility index (Phi) is 4.54. The van der Waals surface area contributed by atoms with Gasteiger partial charge in [0.25, 0.3) is 0 Å². The van der Waals surface area contributed by atoms with Crippen LogP contribution in [0.25, 0.3) is 10.8 Å². The van der Waals surface area contributed by atoms with Crippen LogP contribution >= 0.6 is 0 Å². The average Bonchev–Trinajstić information content (AvgIpc) is 2.62. The molecule has 0 saturated heterocycles. The Balaban J connectivity index is 1.82. The first-order valence-electron chi connectivity index (χ1n) is 7.32. The molecule has 0 saturated carbocycles. The van der Waals surface area contributed by atoms with Gasteiger partial charge < -0.3 is 4.74 Å². The highest BCUT2D eigenvalue weighted by Gasteiger charge is 2.19. The number of carbonyl (C=O) groups excluding carboxylic acids is 1. The molecule has 0 N–H and O–H groups in total. The molecule has 0 bridgehead atoms. The van der Waals surface area contributed by atoms with Crippen LogP contribution in [0.3, 0.4) is 0 Å². The molecule has 3 rings (SSSR count). The first-order chi connectivity index (χ1) is 11.3. The molecule has 3 aromatic carbocycles. The van der Waals surface area contributed by atoms with Gasteiger partial charge in [-0.15, -0.1) is 0 Å². The number of amides is 1. The van der Waals surface area contributed by atoms with Crippen molar-refractivity contribution in [1.82, 2.24) is 0 Å². The number of benzene rings is 3. The minimum absolute atomic E-state index is 0.199. The minimum Gasteiger partial charge on any atom is -0.443 e. The van der Waals surface area contributed by atoms with E-state index in [-0.39, 0.29) is 6.61 Å². The molecule has 1 amide bonds. The van der Waals surface area contributed by atoms with Crippen molar-refractivity contribution in [2.24, 2.45) is 0 Å². The Labute approximate surface area is 134 Å². The summed E-state index contributed by atoms with van der Waals surface area (Å²) in [5.74, 6) is 0. The second-order valence-electron chi connectivity index (χ2n) is 5.02. The summed E-state index contributed by atoms with van der Waals surface area (Å²) in [4.78, 5) is 17.6. The Bertz CT molecular complexity index is 797. The topological polar surface area (TPSA) is 38.8 Å². The van der Waals surface area contributed by atoms with Crippen molar-refractivity contribution >= 4 is 22.6 Å². The lowest BCUT2D eigenvalue weighted by Crippen LogP contribution is -2.30. The Hall–Kier alpha value is -2.85. The highest BCUT2D eigenvalue weighted by atomic mass is 16.7. The summed E-state index contributed by atoms with van der Waals surface area (Å²) in [5, 5.41) is 3.13. The average molecular weight is 307 g/mol. The van der Waals surface area contributed by atoms with E-state index in [2.05, 4.69) is 0 Å². The molecule has 4 heteroatoms. The van der Waals surface area contributed by atoms with E-state index >= 15 is 0 Å². The maximum absolute atomic E-state index is 12.4. The summed E-state index contributed by atoms with van der Waals surface area (Å²) in [6.45, 7) is 0.199. The largest absolute Gasteiger partial charge is 0.443 e. The molecule has 0 aromatic heterocycles. The number of nitrogens with zero attached hydrogens (tertiary/aromatic N) is 1. The SMILES string of the molecule is CON(C(=O)OCc1ccccc1)c1cccc2ccccc12. The molecular weight excluding hydrogens is 290 g/mol. The minimum atomic E-state index is -0.548. The van der Waals surface area contributed by atoms with Gasteiger partial charge >= 0.3 is 6.09 Å². The highest BCUT2D eigenvalue weighted by Crippen LogP contribution is 2.27. The molecule has 0 fully saturated rings. The molecule has 0 unspecified atom stereocenters. The fourth-order valence-electron chi connectivity index (χ4n) is 2.43. The van der Waals surface area contributed by atoms with Gasteiger partial charge in [0, 0.05) is 5.39 Å². The first kappa shape index (κ1) is 15.1. The number of rotatable bonds is 4. The third-order valence-electron chi connectivity index (χ3n) is 3.54. The standard InChI is InChI=1S/C19H17NO3/c1-22-20(19(21)23-14-15-8-3-2-4-9-15)18-13-7-11-16-10-5-6-12-17(16)18/h2-13H,14H2,1H3. The molecule has 0 atom stereocenters. The van der Waals surface area contributed by atoms with Crippen molar-refractivity contribution in [2.75, 3.05) is 12.2 Å². The van der Waals surface area contributed by atoms with Crippen LogP contribution in [0.2, 0.25) is 0 Å². The third-order valence-corrected chi connectivity index (χ3v) is 3.54. The van der Waals surface area contributed by atoms with Gasteiger partial charge in [-0.1, -0.05) is 66.7 Å². The number of hydrogen-bond donors (Lipinski definition) is 0. The summed E-state index contributed by atoms with van der Waals surface area (Å²) in [6, 6.07) is 23.1. The van der Waals surface area contributed by atoms with E-state index in [1.807, 2.05) is 72.8 Å². The van der Waals surface area contributed by atoms with Gasteiger partial charge in [-0.25, -0.2) is 4.79 Å². The van der Waals surface area contributed by atoms with E-state index in [1.54, 1.807) is 0 Å². The first-order valence-corrected chi connectivity index (χ1v) is 7.32. The molecule has 0 aliphatic carbocycles. The zero-order chi connectivity index (χ0) is 16.1. The van der Waals surface area contributed by atoms with Gasteiger partial charge in [-0.05, 0) is 17.0 Å². The van der Waals surface area contributed by atoms with Crippen LogP contribution in [-0.2, 0) is 16.2 Å². The molecule has 116 valence electrons. The molecular formula is C19H17NO3. The highest BCUT2D eigenvalue weighted by molar-refractivity contribution is 6.00. The van der Waals surface area contributed by atoms with Gasteiger partial charge in [0.1, 0.15) is 6.61 Å². The molecule has 3 aromatic rings. The van der Waals surface area contributed by atoms with Crippen molar-refractivity contribution in [3.63, 3.8) is 0 Å². The molecule has 0 heterocycles. The van der Waals surface area contributed by atoms with Crippen LogP contribution in [0.1, 0.15) is 5.56 Å². The number of hydrogen-bond acceptors (Lipinski definition) is 3. The smallest absolute Gasteiger partial charge is 0.439 e. The Morgan fingerprint density at radius 1 is 0.913 bits per heavy atom. The maximum atomic E-state index is 12.4. The predicted octanol–water partition coefficient (Wildman–Crippen LogP) is 4.54. The number of carbonyl (C=O) groups is 1. The van der Waals surface area contributed by atoms with Gasteiger partial charge in [0.2, 0.25) is 0 Å². The van der Waals surface area contributed by atoms with Gasteiger partial charge in [0.05, 0.1) is 12.8 Å². The molecule has 23 heavy (non-hydrogen) atoms. The third kappa shape index (κ3) is 3.33. The molecule has 4 nitrogen and oxygen atoms in total. The van der Waals surface area contributed by atoms with Crippen LogP contribution in [0.4, 0.5) is 10.5 Å². The quantitative estimate of drug-likeness (QED) is 0.664. The number of fused-ring (bicyclic) bond motifs is 1. The second kappa shape index (κ2) is 6.94. The van der Waals surface area contributed by atoms with Crippen LogP contribution in [0.5, 0.6) is 0 Å². The van der Waals surface area contributed by atoms with Crippen molar-refractivity contribution in [2.45, 2.75) is 6.61 Å². The van der Waals surface area contributed by atoms with E-state index in [4.69, 9.17) is 9.57 Å². The maximum Gasteiger partial charge on any atom is 0.439 e. The van der Waals surface area contributed by atoms with Gasteiger partial charge in [0.15, 0.2) is 0 Å². The van der Waals surface area contributed by atoms with E-state index < -0.39 is 6.09 Å². The van der Waals surface area contributed by atoms with Crippen LogP contribution < -0.4 is 5.06 Å². The van der Waals surface area contributed by atoms with E-state index in [9.17, 15) is 4.79 Å². The van der Waals surface area contributed by atoms with Gasteiger partial charge in [-0.3, -0.25) is 4.84 Å². The monoisotopic (exact) mass is 307 g/mol. The molecule has 0 radical (unpaired) electrons. The van der Waals surface area contributed by atoms with Crippen LogP contribution in [0, 0.1) is 0 Å². The van der Waals surface area contributed by atoms with Crippen molar-refractivity contribution in [3.8, 4) is 0 Å². The van der Waals surface area contributed by atoms with Crippen LogP contribution in [-0.4, -0.2) is 13.2 Å².